The lowest BCUT2D eigenvalue weighted by Gasteiger charge is -2.10. The molecule has 1 aliphatic heterocycles. The number of thioether (sulfide) groups is 1. The van der Waals surface area contributed by atoms with Gasteiger partial charge < -0.3 is 13.7 Å². The summed E-state index contributed by atoms with van der Waals surface area (Å²) < 4.78 is 12.1. The molecule has 0 unspecified atom stereocenters. The third-order valence-electron chi connectivity index (χ3n) is 5.28. The van der Waals surface area contributed by atoms with Crippen LogP contribution in [-0.4, -0.2) is 33.7 Å². The van der Waals surface area contributed by atoms with E-state index in [-0.39, 0.29) is 17.5 Å². The first-order valence-corrected chi connectivity index (χ1v) is 10.8. The number of amides is 2. The van der Waals surface area contributed by atoms with Gasteiger partial charge in [0.25, 0.3) is 11.1 Å². The number of aryl methyl sites for hydroxylation is 2. The Hall–Kier alpha value is -3.52. The van der Waals surface area contributed by atoms with Crippen LogP contribution in [0.1, 0.15) is 38.8 Å². The van der Waals surface area contributed by atoms with Crippen LogP contribution in [0.3, 0.4) is 0 Å². The number of nitrogens with zero attached hydrogens (tertiary/aromatic N) is 2. The number of hydrogen-bond donors (Lipinski definition) is 0. The maximum Gasteiger partial charge on any atom is 0.373 e. The SMILES string of the molecule is COC(=O)c1ccc(CN2C(=O)SC(=Cc3cc(C)n(-c4ccc(C)cc4)c3C)C2=O)o1. The van der Waals surface area contributed by atoms with E-state index >= 15 is 0 Å². The minimum absolute atomic E-state index is 0.0218. The molecule has 8 heteroatoms. The molecule has 164 valence electrons. The summed E-state index contributed by atoms with van der Waals surface area (Å²) in [4.78, 5) is 38.4. The van der Waals surface area contributed by atoms with E-state index in [1.807, 2.05) is 26.8 Å². The molecule has 1 saturated heterocycles. The van der Waals surface area contributed by atoms with Gasteiger partial charge in [0.05, 0.1) is 18.6 Å². The van der Waals surface area contributed by atoms with E-state index < -0.39 is 11.9 Å². The van der Waals surface area contributed by atoms with Crippen molar-refractivity contribution in [3.05, 3.63) is 81.4 Å². The molecule has 3 heterocycles. The molecule has 0 bridgehead atoms. The number of furan rings is 1. The number of esters is 1. The molecule has 1 aromatic carbocycles. The van der Waals surface area contributed by atoms with E-state index in [1.54, 1.807) is 12.1 Å². The molecule has 0 N–H and O–H groups in total. The number of aromatic nitrogens is 1. The molecule has 0 radical (unpaired) electrons. The quantitative estimate of drug-likeness (QED) is 0.401. The monoisotopic (exact) mass is 450 g/mol. The Morgan fingerprint density at radius 2 is 1.81 bits per heavy atom. The molecule has 0 atom stereocenters. The predicted molar refractivity (Wildman–Crippen MR) is 122 cm³/mol. The van der Waals surface area contributed by atoms with Crippen molar-refractivity contribution in [1.29, 1.82) is 0 Å². The number of rotatable bonds is 5. The number of ether oxygens (including phenoxy) is 1. The van der Waals surface area contributed by atoms with Crippen LogP contribution in [0.5, 0.6) is 0 Å². The molecule has 1 fully saturated rings. The molecule has 32 heavy (non-hydrogen) atoms. The van der Waals surface area contributed by atoms with Crippen molar-refractivity contribution in [2.24, 2.45) is 0 Å². The number of carbonyl (C=O) groups excluding carboxylic acids is 3. The van der Waals surface area contributed by atoms with Crippen molar-refractivity contribution in [1.82, 2.24) is 9.47 Å². The van der Waals surface area contributed by atoms with Crippen molar-refractivity contribution in [3.8, 4) is 5.69 Å². The first-order chi connectivity index (χ1) is 15.3. The first kappa shape index (κ1) is 21.7. The molecule has 2 amide bonds. The zero-order valence-electron chi connectivity index (χ0n) is 18.2. The summed E-state index contributed by atoms with van der Waals surface area (Å²) in [5.41, 5.74) is 5.10. The van der Waals surface area contributed by atoms with E-state index in [1.165, 1.54) is 18.7 Å². The molecule has 0 spiro atoms. The van der Waals surface area contributed by atoms with Gasteiger partial charge in [0.2, 0.25) is 5.76 Å². The Balaban J connectivity index is 1.58. The van der Waals surface area contributed by atoms with Gasteiger partial charge >= 0.3 is 5.97 Å². The largest absolute Gasteiger partial charge is 0.463 e. The smallest absolute Gasteiger partial charge is 0.373 e. The van der Waals surface area contributed by atoms with Gasteiger partial charge in [0.1, 0.15) is 5.76 Å². The van der Waals surface area contributed by atoms with E-state index in [2.05, 4.69) is 33.6 Å². The topological polar surface area (TPSA) is 81.8 Å². The minimum atomic E-state index is -0.616. The third-order valence-corrected chi connectivity index (χ3v) is 6.19. The van der Waals surface area contributed by atoms with E-state index in [0.717, 1.165) is 39.3 Å². The van der Waals surface area contributed by atoms with Crippen molar-refractivity contribution in [2.45, 2.75) is 27.3 Å². The second-order valence-electron chi connectivity index (χ2n) is 7.52. The summed E-state index contributed by atoms with van der Waals surface area (Å²) in [5.74, 6) is -0.662. The highest BCUT2D eigenvalue weighted by Gasteiger charge is 2.36. The van der Waals surface area contributed by atoms with Crippen LogP contribution >= 0.6 is 11.8 Å². The highest BCUT2D eigenvalue weighted by Crippen LogP contribution is 2.35. The molecular formula is C24H22N2O5S. The summed E-state index contributed by atoms with van der Waals surface area (Å²) in [7, 11) is 1.25. The van der Waals surface area contributed by atoms with Gasteiger partial charge in [-0.2, -0.15) is 0 Å². The van der Waals surface area contributed by atoms with Crippen LogP contribution in [0.15, 0.2) is 51.8 Å². The maximum atomic E-state index is 12.9. The van der Waals surface area contributed by atoms with Gasteiger partial charge in [-0.15, -0.1) is 0 Å². The third kappa shape index (κ3) is 4.01. The average molecular weight is 451 g/mol. The van der Waals surface area contributed by atoms with E-state index in [9.17, 15) is 14.4 Å². The summed E-state index contributed by atoms with van der Waals surface area (Å²) in [5, 5.41) is -0.385. The lowest BCUT2D eigenvalue weighted by molar-refractivity contribution is -0.123. The second kappa shape index (κ2) is 8.55. The van der Waals surface area contributed by atoms with Gasteiger partial charge in [-0.25, -0.2) is 4.79 Å². The zero-order chi connectivity index (χ0) is 23.0. The minimum Gasteiger partial charge on any atom is -0.463 e. The molecule has 0 aliphatic carbocycles. The Morgan fingerprint density at radius 1 is 1.09 bits per heavy atom. The Labute approximate surface area is 189 Å². The molecular weight excluding hydrogens is 428 g/mol. The van der Waals surface area contributed by atoms with Crippen molar-refractivity contribution in [2.75, 3.05) is 7.11 Å². The van der Waals surface area contributed by atoms with Crippen LogP contribution in [0.2, 0.25) is 0 Å². The molecule has 1 aliphatic rings. The summed E-state index contributed by atoms with van der Waals surface area (Å²) >= 11 is 0.891. The van der Waals surface area contributed by atoms with Gasteiger partial charge in [-0.3, -0.25) is 14.5 Å². The fraction of sp³-hybridized carbons (Fsp3) is 0.208. The number of hydrogen-bond acceptors (Lipinski definition) is 6. The first-order valence-electron chi connectivity index (χ1n) is 9.97. The van der Waals surface area contributed by atoms with Crippen LogP contribution in [0.4, 0.5) is 4.79 Å². The van der Waals surface area contributed by atoms with Gasteiger partial charge in [-0.05, 0) is 74.5 Å². The Morgan fingerprint density at radius 3 is 2.50 bits per heavy atom. The van der Waals surface area contributed by atoms with E-state index in [4.69, 9.17) is 4.42 Å². The fourth-order valence-electron chi connectivity index (χ4n) is 3.63. The zero-order valence-corrected chi connectivity index (χ0v) is 19.0. The number of benzene rings is 1. The lowest BCUT2D eigenvalue weighted by atomic mass is 10.2. The molecule has 0 saturated carbocycles. The number of imide groups is 1. The maximum absolute atomic E-state index is 12.9. The van der Waals surface area contributed by atoms with Crippen molar-refractivity contribution in [3.63, 3.8) is 0 Å². The highest BCUT2D eigenvalue weighted by atomic mass is 32.2. The van der Waals surface area contributed by atoms with Crippen LogP contribution in [0.25, 0.3) is 11.8 Å². The predicted octanol–water partition coefficient (Wildman–Crippen LogP) is 5.02. The molecule has 4 rings (SSSR count). The summed E-state index contributed by atoms with van der Waals surface area (Å²) in [6.45, 7) is 5.98. The lowest BCUT2D eigenvalue weighted by Crippen LogP contribution is -2.27. The van der Waals surface area contributed by atoms with Gasteiger partial charge in [0.15, 0.2) is 0 Å². The summed E-state index contributed by atoms with van der Waals surface area (Å²) in [6, 6.07) is 13.2. The Bertz CT molecular complexity index is 1250. The van der Waals surface area contributed by atoms with Crippen LogP contribution < -0.4 is 0 Å². The second-order valence-corrected chi connectivity index (χ2v) is 8.52. The summed E-state index contributed by atoms with van der Waals surface area (Å²) in [6.07, 6.45) is 1.75. The number of carbonyl (C=O) groups is 3. The van der Waals surface area contributed by atoms with Crippen LogP contribution in [-0.2, 0) is 16.1 Å². The normalized spacial score (nSPS) is 15.1. The molecule has 7 nitrogen and oxygen atoms in total. The Kier molecular flexibility index (Phi) is 5.80. The fourth-order valence-corrected chi connectivity index (χ4v) is 4.46. The van der Waals surface area contributed by atoms with Gasteiger partial charge in [0, 0.05) is 17.1 Å². The van der Waals surface area contributed by atoms with Crippen molar-refractivity contribution >= 4 is 35.0 Å². The highest BCUT2D eigenvalue weighted by molar-refractivity contribution is 8.18. The van der Waals surface area contributed by atoms with Gasteiger partial charge in [-0.1, -0.05) is 17.7 Å². The van der Waals surface area contributed by atoms with Crippen molar-refractivity contribution < 1.29 is 23.5 Å². The molecule has 2 aromatic heterocycles. The van der Waals surface area contributed by atoms with E-state index in [0.29, 0.717) is 10.7 Å². The van der Waals surface area contributed by atoms with Crippen LogP contribution in [0, 0.1) is 20.8 Å². The molecule has 3 aromatic rings. The number of methoxy groups -OCH3 is 1. The average Bonchev–Trinajstić information content (AvgIpc) is 3.42. The standard InChI is InChI=1S/C24H22N2O5S/c1-14-5-7-18(8-6-14)26-15(2)11-17(16(26)3)12-21-22(27)25(24(29)32-21)13-19-9-10-20(31-19)23(28)30-4/h5-12H,13H2,1-4H3.